The second-order valence-electron chi connectivity index (χ2n) is 4.62. The summed E-state index contributed by atoms with van der Waals surface area (Å²) < 4.78 is 24.6. The number of halogens is 1. The molecular weight excluding hydrogens is 299 g/mol. The number of aryl methyl sites for hydroxylation is 2. The molecule has 22 heavy (non-hydrogen) atoms. The van der Waals surface area contributed by atoms with Crippen molar-refractivity contribution in [3.8, 4) is 11.8 Å². The predicted molar refractivity (Wildman–Crippen MR) is 72.0 cm³/mol. The first-order chi connectivity index (χ1) is 10.3. The molecule has 0 amide bonds. The number of hydrogen-bond acceptors (Lipinski definition) is 7. The molecule has 0 aliphatic carbocycles. The van der Waals surface area contributed by atoms with Crippen molar-refractivity contribution in [3.05, 3.63) is 27.4 Å². The highest BCUT2D eigenvalue weighted by atomic mass is 19.1. The van der Waals surface area contributed by atoms with Crippen molar-refractivity contribution in [2.75, 3.05) is 13.2 Å². The summed E-state index contributed by atoms with van der Waals surface area (Å²) in [5, 5.41) is 23.8. The van der Waals surface area contributed by atoms with Gasteiger partial charge in [0.1, 0.15) is 18.0 Å². The molecule has 0 aromatic carbocycles. The fourth-order valence-corrected chi connectivity index (χ4v) is 1.91. The Morgan fingerprint density at radius 3 is 2.68 bits per heavy atom. The van der Waals surface area contributed by atoms with Gasteiger partial charge in [-0.15, -0.1) is 5.10 Å². The molecule has 0 fully saturated rings. The van der Waals surface area contributed by atoms with E-state index < -0.39 is 30.0 Å². The summed E-state index contributed by atoms with van der Waals surface area (Å²) in [6.07, 6.45) is -1.65. The van der Waals surface area contributed by atoms with Crippen molar-refractivity contribution in [2.45, 2.75) is 26.9 Å². The van der Waals surface area contributed by atoms with Crippen LogP contribution in [0.1, 0.15) is 17.3 Å². The molecule has 2 aromatic rings. The van der Waals surface area contributed by atoms with Gasteiger partial charge in [-0.2, -0.15) is 4.68 Å². The average Bonchev–Trinajstić information content (AvgIpc) is 2.95. The monoisotopic (exact) mass is 314 g/mol. The van der Waals surface area contributed by atoms with E-state index in [1.165, 1.54) is 11.6 Å². The van der Waals surface area contributed by atoms with Crippen LogP contribution >= 0.6 is 0 Å². The molecule has 0 radical (unpaired) electrons. The SMILES string of the molecule is Cc1nc(C)c(-n2nc(OCC(F)CO)c([N+](=O)[O-])c2C)o1. The van der Waals surface area contributed by atoms with E-state index in [2.05, 4.69) is 10.1 Å². The van der Waals surface area contributed by atoms with Gasteiger partial charge in [-0.05, 0) is 13.8 Å². The molecule has 2 heterocycles. The Labute approximate surface area is 124 Å². The van der Waals surface area contributed by atoms with Gasteiger partial charge in [0.2, 0.25) is 5.88 Å². The Bertz CT molecular complexity index is 696. The predicted octanol–water partition coefficient (Wildman–Crippen LogP) is 1.40. The molecule has 1 atom stereocenters. The van der Waals surface area contributed by atoms with Gasteiger partial charge >= 0.3 is 11.6 Å². The van der Waals surface area contributed by atoms with Gasteiger partial charge in [-0.3, -0.25) is 10.1 Å². The number of ether oxygens (including phenoxy) is 1. The summed E-state index contributed by atoms with van der Waals surface area (Å²) in [6, 6.07) is 0. The first kappa shape index (κ1) is 15.9. The van der Waals surface area contributed by atoms with E-state index in [1.807, 2.05) is 0 Å². The molecule has 10 heteroatoms. The fourth-order valence-electron chi connectivity index (χ4n) is 1.91. The van der Waals surface area contributed by atoms with Crippen LogP contribution in [-0.4, -0.2) is 44.2 Å². The molecule has 0 saturated carbocycles. The topological polar surface area (TPSA) is 116 Å². The Kier molecular flexibility index (Phi) is 4.40. The minimum absolute atomic E-state index is 0.165. The van der Waals surface area contributed by atoms with Crippen molar-refractivity contribution >= 4 is 5.69 Å². The van der Waals surface area contributed by atoms with Crippen LogP contribution in [0.3, 0.4) is 0 Å². The molecule has 9 nitrogen and oxygen atoms in total. The van der Waals surface area contributed by atoms with Gasteiger partial charge < -0.3 is 14.3 Å². The van der Waals surface area contributed by atoms with Crippen LogP contribution in [0.15, 0.2) is 4.42 Å². The quantitative estimate of drug-likeness (QED) is 0.632. The number of nitrogens with zero attached hydrogens (tertiary/aromatic N) is 4. The lowest BCUT2D eigenvalue weighted by Gasteiger charge is -2.04. The second kappa shape index (κ2) is 6.10. The Morgan fingerprint density at radius 2 is 2.18 bits per heavy atom. The zero-order valence-electron chi connectivity index (χ0n) is 12.2. The number of aromatic nitrogens is 3. The summed E-state index contributed by atoms with van der Waals surface area (Å²) in [5.74, 6) is 0.274. The van der Waals surface area contributed by atoms with Crippen LogP contribution in [-0.2, 0) is 0 Å². The number of rotatable bonds is 6. The molecule has 0 aliphatic heterocycles. The fraction of sp³-hybridized carbons (Fsp3) is 0.500. The molecule has 1 unspecified atom stereocenters. The minimum Gasteiger partial charge on any atom is -0.469 e. The molecule has 0 bridgehead atoms. The molecule has 0 spiro atoms. The summed E-state index contributed by atoms with van der Waals surface area (Å²) in [4.78, 5) is 14.6. The van der Waals surface area contributed by atoms with Crippen molar-refractivity contribution in [1.82, 2.24) is 14.8 Å². The lowest BCUT2D eigenvalue weighted by molar-refractivity contribution is -0.386. The second-order valence-corrected chi connectivity index (χ2v) is 4.62. The molecule has 0 aliphatic rings. The summed E-state index contributed by atoms with van der Waals surface area (Å²) >= 11 is 0. The maximum absolute atomic E-state index is 13.0. The van der Waals surface area contributed by atoms with E-state index in [4.69, 9.17) is 14.3 Å². The van der Waals surface area contributed by atoms with Crippen LogP contribution < -0.4 is 4.74 Å². The Morgan fingerprint density at radius 1 is 1.50 bits per heavy atom. The highest BCUT2D eigenvalue weighted by Gasteiger charge is 2.29. The lowest BCUT2D eigenvalue weighted by atomic mass is 10.4. The van der Waals surface area contributed by atoms with Crippen molar-refractivity contribution in [3.63, 3.8) is 0 Å². The molecular formula is C12H15FN4O5. The summed E-state index contributed by atoms with van der Waals surface area (Å²) in [5.41, 5.74) is 0.278. The molecule has 120 valence electrons. The third-order valence-electron chi connectivity index (χ3n) is 2.91. The first-order valence-corrected chi connectivity index (χ1v) is 6.41. The largest absolute Gasteiger partial charge is 0.469 e. The zero-order valence-corrected chi connectivity index (χ0v) is 12.2. The van der Waals surface area contributed by atoms with Gasteiger partial charge in [-0.1, -0.05) is 0 Å². The van der Waals surface area contributed by atoms with E-state index in [9.17, 15) is 14.5 Å². The standard InChI is InChI=1S/C12H15FN4O5/c1-6-12(22-8(3)14-6)16-7(2)10(17(19)20)11(15-16)21-5-9(13)4-18/h9,18H,4-5H2,1-3H3. The van der Waals surface area contributed by atoms with E-state index in [0.717, 1.165) is 0 Å². The highest BCUT2D eigenvalue weighted by Crippen LogP contribution is 2.32. The maximum Gasteiger partial charge on any atom is 0.353 e. The normalized spacial score (nSPS) is 12.4. The maximum atomic E-state index is 13.0. The van der Waals surface area contributed by atoms with Crippen molar-refractivity contribution in [2.24, 2.45) is 0 Å². The van der Waals surface area contributed by atoms with Crippen LogP contribution in [0.5, 0.6) is 5.88 Å². The third-order valence-corrected chi connectivity index (χ3v) is 2.91. The van der Waals surface area contributed by atoms with E-state index in [0.29, 0.717) is 11.6 Å². The van der Waals surface area contributed by atoms with E-state index in [-0.39, 0.29) is 17.5 Å². The third kappa shape index (κ3) is 2.91. The Balaban J connectivity index is 2.44. The van der Waals surface area contributed by atoms with E-state index >= 15 is 0 Å². The van der Waals surface area contributed by atoms with Gasteiger partial charge in [0.15, 0.2) is 12.1 Å². The van der Waals surface area contributed by atoms with Crippen LogP contribution in [0.4, 0.5) is 10.1 Å². The number of hydrogen-bond donors (Lipinski definition) is 1. The van der Waals surface area contributed by atoms with Crippen molar-refractivity contribution in [1.29, 1.82) is 0 Å². The first-order valence-electron chi connectivity index (χ1n) is 6.41. The number of nitro groups is 1. The molecule has 2 aromatic heterocycles. The lowest BCUT2D eigenvalue weighted by Crippen LogP contribution is -2.17. The number of oxazole rings is 1. The zero-order chi connectivity index (χ0) is 16.4. The highest BCUT2D eigenvalue weighted by molar-refractivity contribution is 5.48. The number of alkyl halides is 1. The van der Waals surface area contributed by atoms with E-state index in [1.54, 1.807) is 13.8 Å². The smallest absolute Gasteiger partial charge is 0.353 e. The Hall–Kier alpha value is -2.49. The van der Waals surface area contributed by atoms with Gasteiger partial charge in [0, 0.05) is 6.92 Å². The van der Waals surface area contributed by atoms with Crippen molar-refractivity contribution < 1.29 is 23.6 Å². The van der Waals surface area contributed by atoms with Gasteiger partial charge in [0.05, 0.1) is 11.5 Å². The molecule has 2 rings (SSSR count). The number of aliphatic hydroxyl groups is 1. The van der Waals surface area contributed by atoms with Crippen LogP contribution in [0, 0.1) is 30.9 Å². The molecule has 0 saturated heterocycles. The van der Waals surface area contributed by atoms with Crippen LogP contribution in [0.2, 0.25) is 0 Å². The van der Waals surface area contributed by atoms with Gasteiger partial charge in [-0.25, -0.2) is 9.37 Å². The number of aliphatic hydroxyl groups excluding tert-OH is 1. The minimum atomic E-state index is -1.65. The van der Waals surface area contributed by atoms with Crippen LogP contribution in [0.25, 0.3) is 5.88 Å². The van der Waals surface area contributed by atoms with Gasteiger partial charge in [0.25, 0.3) is 0 Å². The average molecular weight is 314 g/mol. The summed E-state index contributed by atoms with van der Waals surface area (Å²) in [6.45, 7) is 3.49. The summed E-state index contributed by atoms with van der Waals surface area (Å²) in [7, 11) is 0. The molecule has 1 N–H and O–H groups in total.